The molecule has 0 atom stereocenters. The van der Waals surface area contributed by atoms with Gasteiger partial charge in [-0.25, -0.2) is 9.50 Å². The van der Waals surface area contributed by atoms with E-state index in [1.54, 1.807) is 22.0 Å². The summed E-state index contributed by atoms with van der Waals surface area (Å²) in [6, 6.07) is 0. The highest BCUT2D eigenvalue weighted by molar-refractivity contribution is 7.09. The summed E-state index contributed by atoms with van der Waals surface area (Å²) in [6.07, 6.45) is 5.26. The molecule has 0 fully saturated rings. The smallest absolute Gasteiger partial charge is 0.257 e. The second-order valence-corrected chi connectivity index (χ2v) is 5.24. The Balaban J connectivity index is 1.78. The summed E-state index contributed by atoms with van der Waals surface area (Å²) < 4.78 is 3.55. The number of carbonyl (C=O) groups is 1. The SMILES string of the molecule is Cc1csc(CNC(=O)c2cnn3ccn(C)c23)n1. The van der Waals surface area contributed by atoms with Gasteiger partial charge in [-0.15, -0.1) is 11.3 Å². The molecule has 0 unspecified atom stereocenters. The Bertz CT molecular complexity index is 738. The quantitative estimate of drug-likeness (QED) is 0.785. The number of aromatic nitrogens is 4. The van der Waals surface area contributed by atoms with Crippen LogP contribution in [0.25, 0.3) is 5.65 Å². The van der Waals surface area contributed by atoms with Gasteiger partial charge in [0.25, 0.3) is 5.91 Å². The molecular formula is C12H13N5OS. The Morgan fingerprint density at radius 3 is 3.05 bits per heavy atom. The Kier molecular flexibility index (Phi) is 2.83. The van der Waals surface area contributed by atoms with Gasteiger partial charge in [0, 0.05) is 30.5 Å². The number of hydrogen-bond donors (Lipinski definition) is 1. The summed E-state index contributed by atoms with van der Waals surface area (Å²) in [5.41, 5.74) is 2.33. The van der Waals surface area contributed by atoms with Crippen molar-refractivity contribution in [3.8, 4) is 0 Å². The molecule has 19 heavy (non-hydrogen) atoms. The van der Waals surface area contributed by atoms with Crippen molar-refractivity contribution in [2.45, 2.75) is 13.5 Å². The molecule has 6 nitrogen and oxygen atoms in total. The molecule has 1 amide bonds. The Hall–Kier alpha value is -2.15. The fourth-order valence-corrected chi connectivity index (χ4v) is 2.66. The van der Waals surface area contributed by atoms with Crippen molar-refractivity contribution in [2.75, 3.05) is 0 Å². The van der Waals surface area contributed by atoms with E-state index in [2.05, 4.69) is 15.4 Å². The highest BCUT2D eigenvalue weighted by atomic mass is 32.1. The number of nitrogens with one attached hydrogen (secondary N) is 1. The summed E-state index contributed by atoms with van der Waals surface area (Å²) in [5.74, 6) is -0.135. The zero-order valence-corrected chi connectivity index (χ0v) is 11.4. The van der Waals surface area contributed by atoms with Gasteiger partial charge < -0.3 is 9.88 Å². The van der Waals surface area contributed by atoms with Gasteiger partial charge in [-0.05, 0) is 6.92 Å². The van der Waals surface area contributed by atoms with Crippen LogP contribution in [-0.4, -0.2) is 25.1 Å². The van der Waals surface area contributed by atoms with Crippen LogP contribution in [0.15, 0.2) is 24.0 Å². The number of rotatable bonds is 3. The molecule has 0 aliphatic heterocycles. The molecular weight excluding hydrogens is 262 g/mol. The van der Waals surface area contributed by atoms with Gasteiger partial charge in [-0.2, -0.15) is 5.10 Å². The van der Waals surface area contributed by atoms with E-state index in [1.807, 2.05) is 36.3 Å². The van der Waals surface area contributed by atoms with Crippen molar-refractivity contribution in [3.05, 3.63) is 40.2 Å². The number of fused-ring (bicyclic) bond motifs is 1. The van der Waals surface area contributed by atoms with Crippen molar-refractivity contribution >= 4 is 22.9 Å². The minimum absolute atomic E-state index is 0.135. The second-order valence-electron chi connectivity index (χ2n) is 4.30. The Morgan fingerprint density at radius 1 is 1.47 bits per heavy atom. The molecule has 3 heterocycles. The van der Waals surface area contributed by atoms with E-state index in [1.165, 1.54) is 0 Å². The number of carbonyl (C=O) groups excluding carboxylic acids is 1. The molecule has 3 rings (SSSR count). The average molecular weight is 275 g/mol. The van der Waals surface area contributed by atoms with Crippen LogP contribution in [0.1, 0.15) is 21.1 Å². The first kappa shape index (κ1) is 11.9. The molecule has 7 heteroatoms. The van der Waals surface area contributed by atoms with Gasteiger partial charge in [0.05, 0.1) is 12.7 Å². The van der Waals surface area contributed by atoms with E-state index in [-0.39, 0.29) is 5.91 Å². The molecule has 0 aliphatic carbocycles. The lowest BCUT2D eigenvalue weighted by atomic mass is 10.3. The number of thiazole rings is 1. The summed E-state index contributed by atoms with van der Waals surface area (Å²) in [4.78, 5) is 16.5. The Labute approximate surface area is 113 Å². The molecule has 0 saturated carbocycles. The third-order valence-electron chi connectivity index (χ3n) is 2.85. The zero-order valence-electron chi connectivity index (χ0n) is 10.6. The lowest BCUT2D eigenvalue weighted by Gasteiger charge is -2.01. The first-order valence-corrected chi connectivity index (χ1v) is 6.71. The van der Waals surface area contributed by atoms with Crippen LogP contribution in [0, 0.1) is 6.92 Å². The molecule has 0 saturated heterocycles. The molecule has 0 aliphatic rings. The van der Waals surface area contributed by atoms with Gasteiger partial charge in [0.15, 0.2) is 0 Å². The van der Waals surface area contributed by atoms with Crippen LogP contribution in [0.4, 0.5) is 0 Å². The standard InChI is InChI=1S/C12H13N5OS/c1-8-7-19-10(15-8)6-13-11(18)9-5-14-17-4-3-16(2)12(9)17/h3-5,7H,6H2,1-2H3,(H,13,18). The van der Waals surface area contributed by atoms with E-state index >= 15 is 0 Å². The van der Waals surface area contributed by atoms with Crippen molar-refractivity contribution in [3.63, 3.8) is 0 Å². The van der Waals surface area contributed by atoms with Gasteiger partial charge in [0.2, 0.25) is 0 Å². The minimum Gasteiger partial charge on any atom is -0.345 e. The number of nitrogens with zero attached hydrogens (tertiary/aromatic N) is 4. The summed E-state index contributed by atoms with van der Waals surface area (Å²) in [6.45, 7) is 2.38. The number of amides is 1. The summed E-state index contributed by atoms with van der Waals surface area (Å²) in [7, 11) is 1.89. The number of imidazole rings is 1. The largest absolute Gasteiger partial charge is 0.345 e. The topological polar surface area (TPSA) is 64.2 Å². The highest BCUT2D eigenvalue weighted by Gasteiger charge is 2.15. The van der Waals surface area contributed by atoms with E-state index < -0.39 is 0 Å². The van der Waals surface area contributed by atoms with Gasteiger partial charge >= 0.3 is 0 Å². The van der Waals surface area contributed by atoms with Crippen molar-refractivity contribution in [1.29, 1.82) is 0 Å². The normalized spacial score (nSPS) is 11.1. The number of hydrogen-bond acceptors (Lipinski definition) is 4. The predicted octanol–water partition coefficient (Wildman–Crippen LogP) is 1.37. The van der Waals surface area contributed by atoms with Crippen molar-refractivity contribution in [1.82, 2.24) is 24.5 Å². The molecule has 0 spiro atoms. The number of aryl methyl sites for hydroxylation is 2. The lowest BCUT2D eigenvalue weighted by molar-refractivity contribution is 0.0952. The first-order chi connectivity index (χ1) is 9.15. The third-order valence-corrected chi connectivity index (χ3v) is 3.81. The maximum absolute atomic E-state index is 12.1. The minimum atomic E-state index is -0.135. The van der Waals surface area contributed by atoms with Crippen molar-refractivity contribution in [2.24, 2.45) is 7.05 Å². The van der Waals surface area contributed by atoms with Crippen LogP contribution in [0.2, 0.25) is 0 Å². The fourth-order valence-electron chi connectivity index (χ4n) is 1.95. The maximum Gasteiger partial charge on any atom is 0.257 e. The van der Waals surface area contributed by atoms with E-state index in [0.717, 1.165) is 16.3 Å². The molecule has 1 N–H and O–H groups in total. The third kappa shape index (κ3) is 2.12. The summed E-state index contributed by atoms with van der Waals surface area (Å²) >= 11 is 1.55. The monoisotopic (exact) mass is 275 g/mol. The second kappa shape index (κ2) is 4.51. The fraction of sp³-hybridized carbons (Fsp3) is 0.250. The van der Waals surface area contributed by atoms with E-state index in [0.29, 0.717) is 12.1 Å². The van der Waals surface area contributed by atoms with Gasteiger partial charge in [-0.3, -0.25) is 4.79 Å². The van der Waals surface area contributed by atoms with Gasteiger partial charge in [0.1, 0.15) is 16.2 Å². The predicted molar refractivity (Wildman–Crippen MR) is 72.2 cm³/mol. The molecule has 3 aromatic heterocycles. The van der Waals surface area contributed by atoms with Crippen LogP contribution >= 0.6 is 11.3 Å². The lowest BCUT2D eigenvalue weighted by Crippen LogP contribution is -2.23. The zero-order chi connectivity index (χ0) is 13.4. The molecule has 98 valence electrons. The molecule has 3 aromatic rings. The Morgan fingerprint density at radius 2 is 2.32 bits per heavy atom. The van der Waals surface area contributed by atoms with Crippen LogP contribution in [-0.2, 0) is 13.6 Å². The first-order valence-electron chi connectivity index (χ1n) is 5.83. The van der Waals surface area contributed by atoms with Crippen LogP contribution in [0.5, 0.6) is 0 Å². The summed E-state index contributed by atoms with van der Waals surface area (Å²) in [5, 5.41) is 9.88. The van der Waals surface area contributed by atoms with E-state index in [9.17, 15) is 4.79 Å². The highest BCUT2D eigenvalue weighted by Crippen LogP contribution is 2.12. The molecule has 0 aromatic carbocycles. The van der Waals surface area contributed by atoms with Crippen LogP contribution < -0.4 is 5.32 Å². The van der Waals surface area contributed by atoms with Crippen LogP contribution in [0.3, 0.4) is 0 Å². The average Bonchev–Trinajstić information content (AvgIpc) is 3.05. The van der Waals surface area contributed by atoms with Gasteiger partial charge in [-0.1, -0.05) is 0 Å². The maximum atomic E-state index is 12.1. The molecule has 0 radical (unpaired) electrons. The molecule has 0 bridgehead atoms. The van der Waals surface area contributed by atoms with Crippen molar-refractivity contribution < 1.29 is 4.79 Å². The van der Waals surface area contributed by atoms with E-state index in [4.69, 9.17) is 0 Å².